The first-order chi connectivity index (χ1) is 9.49. The number of nitrogens with zero attached hydrogens (tertiary/aromatic N) is 1. The van der Waals surface area contributed by atoms with Crippen molar-refractivity contribution in [3.63, 3.8) is 0 Å². The van der Waals surface area contributed by atoms with Crippen LogP contribution in [0.15, 0.2) is 12.1 Å². The minimum absolute atomic E-state index is 0. The molecule has 1 aromatic rings. The first-order valence-electron chi connectivity index (χ1n) is 7.20. The van der Waals surface area contributed by atoms with Crippen LogP contribution >= 0.6 is 12.4 Å². The molecule has 1 heterocycles. The predicted molar refractivity (Wildman–Crippen MR) is 87.4 cm³/mol. The average molecular weight is 313 g/mol. The normalized spacial score (nSPS) is 18.1. The maximum Gasteiger partial charge on any atom is 0.260 e. The largest absolute Gasteiger partial charge is 0.483 e. The number of carbonyl (C=O) groups excluding carboxylic acids is 1. The van der Waals surface area contributed by atoms with Gasteiger partial charge in [0.1, 0.15) is 5.75 Å². The Morgan fingerprint density at radius 2 is 1.95 bits per heavy atom. The molecule has 0 spiro atoms. The van der Waals surface area contributed by atoms with Crippen LogP contribution in [0.3, 0.4) is 0 Å². The summed E-state index contributed by atoms with van der Waals surface area (Å²) < 4.78 is 5.77. The molecule has 1 aliphatic heterocycles. The van der Waals surface area contributed by atoms with Crippen LogP contribution < -0.4 is 10.1 Å². The van der Waals surface area contributed by atoms with Gasteiger partial charge in [-0.15, -0.1) is 12.4 Å². The molecule has 2 rings (SSSR count). The highest BCUT2D eigenvalue weighted by Gasteiger charge is 2.23. The van der Waals surface area contributed by atoms with Gasteiger partial charge in [-0.2, -0.15) is 0 Å². The van der Waals surface area contributed by atoms with Gasteiger partial charge in [0.15, 0.2) is 6.61 Å². The van der Waals surface area contributed by atoms with Crippen molar-refractivity contribution in [1.29, 1.82) is 0 Å². The van der Waals surface area contributed by atoms with Crippen molar-refractivity contribution in [2.45, 2.75) is 33.7 Å². The minimum Gasteiger partial charge on any atom is -0.483 e. The van der Waals surface area contributed by atoms with Crippen molar-refractivity contribution >= 4 is 18.3 Å². The average Bonchev–Trinajstić information content (AvgIpc) is 2.37. The number of ether oxygens (including phenoxy) is 1. The van der Waals surface area contributed by atoms with E-state index in [-0.39, 0.29) is 31.0 Å². The second-order valence-electron chi connectivity index (χ2n) is 5.66. The molecular weight excluding hydrogens is 288 g/mol. The van der Waals surface area contributed by atoms with Crippen molar-refractivity contribution in [1.82, 2.24) is 10.2 Å². The highest BCUT2D eigenvalue weighted by atomic mass is 35.5. The second kappa shape index (κ2) is 7.66. The molecule has 0 radical (unpaired) electrons. The smallest absolute Gasteiger partial charge is 0.260 e. The third-order valence-electron chi connectivity index (χ3n) is 3.77. The van der Waals surface area contributed by atoms with E-state index in [1.807, 2.05) is 18.7 Å². The Morgan fingerprint density at radius 1 is 1.33 bits per heavy atom. The molecule has 118 valence electrons. The van der Waals surface area contributed by atoms with Gasteiger partial charge in [-0.3, -0.25) is 4.79 Å². The summed E-state index contributed by atoms with van der Waals surface area (Å²) in [6.45, 7) is 10.8. The third kappa shape index (κ3) is 4.35. The summed E-state index contributed by atoms with van der Waals surface area (Å²) in [4.78, 5) is 14.1. The molecule has 0 saturated carbocycles. The van der Waals surface area contributed by atoms with Gasteiger partial charge in [0.25, 0.3) is 5.91 Å². The number of carbonyl (C=O) groups is 1. The lowest BCUT2D eigenvalue weighted by Gasteiger charge is -2.34. The minimum atomic E-state index is 0. The Morgan fingerprint density at radius 3 is 2.52 bits per heavy atom. The maximum atomic E-state index is 12.2. The van der Waals surface area contributed by atoms with Gasteiger partial charge in [0.2, 0.25) is 0 Å². The number of aryl methyl sites for hydroxylation is 3. The number of benzene rings is 1. The van der Waals surface area contributed by atoms with Gasteiger partial charge >= 0.3 is 0 Å². The fourth-order valence-electron chi connectivity index (χ4n) is 2.82. The van der Waals surface area contributed by atoms with Crippen molar-refractivity contribution in [3.05, 3.63) is 28.8 Å². The summed E-state index contributed by atoms with van der Waals surface area (Å²) in [5.41, 5.74) is 3.39. The van der Waals surface area contributed by atoms with Gasteiger partial charge in [0, 0.05) is 25.7 Å². The summed E-state index contributed by atoms with van der Waals surface area (Å²) in [5, 5.41) is 3.28. The zero-order chi connectivity index (χ0) is 14.7. The molecule has 5 heteroatoms. The summed E-state index contributed by atoms with van der Waals surface area (Å²) in [6, 6.07) is 4.40. The molecule has 0 aliphatic carbocycles. The fourth-order valence-corrected chi connectivity index (χ4v) is 2.82. The van der Waals surface area contributed by atoms with Crippen LogP contribution in [-0.4, -0.2) is 43.1 Å². The van der Waals surface area contributed by atoms with Crippen LogP contribution in [0.25, 0.3) is 0 Å². The van der Waals surface area contributed by atoms with Gasteiger partial charge in [-0.25, -0.2) is 0 Å². The Bertz CT molecular complexity index is 482. The third-order valence-corrected chi connectivity index (χ3v) is 3.77. The van der Waals surface area contributed by atoms with Gasteiger partial charge in [0.05, 0.1) is 0 Å². The summed E-state index contributed by atoms with van der Waals surface area (Å²) in [5.74, 6) is 0.908. The first-order valence-corrected chi connectivity index (χ1v) is 7.20. The molecule has 1 aliphatic rings. The van der Waals surface area contributed by atoms with Gasteiger partial charge in [-0.1, -0.05) is 17.7 Å². The highest BCUT2D eigenvalue weighted by Crippen LogP contribution is 2.24. The lowest BCUT2D eigenvalue weighted by atomic mass is 10.1. The molecule has 1 unspecified atom stereocenters. The molecule has 1 atom stereocenters. The number of amides is 1. The zero-order valence-corrected chi connectivity index (χ0v) is 14.0. The van der Waals surface area contributed by atoms with Gasteiger partial charge < -0.3 is 15.0 Å². The van der Waals surface area contributed by atoms with Crippen LogP contribution in [0.5, 0.6) is 5.75 Å². The van der Waals surface area contributed by atoms with Crippen molar-refractivity contribution in [3.8, 4) is 5.75 Å². The van der Waals surface area contributed by atoms with Crippen LogP contribution in [0, 0.1) is 20.8 Å². The second-order valence-corrected chi connectivity index (χ2v) is 5.66. The van der Waals surface area contributed by atoms with E-state index in [1.54, 1.807) is 0 Å². The van der Waals surface area contributed by atoms with Crippen LogP contribution in [0.4, 0.5) is 0 Å². The molecule has 4 nitrogen and oxygen atoms in total. The molecule has 1 N–H and O–H groups in total. The molecule has 21 heavy (non-hydrogen) atoms. The first kappa shape index (κ1) is 17.8. The lowest BCUT2D eigenvalue weighted by molar-refractivity contribution is -0.136. The number of nitrogens with one attached hydrogen (secondary N) is 1. The highest BCUT2D eigenvalue weighted by molar-refractivity contribution is 5.85. The maximum absolute atomic E-state index is 12.2. The van der Waals surface area contributed by atoms with E-state index in [2.05, 4.69) is 31.3 Å². The molecular formula is C16H25ClN2O2. The number of rotatable bonds is 3. The molecule has 1 aromatic carbocycles. The zero-order valence-electron chi connectivity index (χ0n) is 13.2. The SMILES string of the molecule is Cc1cc(C)c(OCC(=O)N2CCNCC2C)c(C)c1.Cl. The van der Waals surface area contributed by atoms with Crippen LogP contribution in [0.2, 0.25) is 0 Å². The van der Waals surface area contributed by atoms with E-state index in [0.29, 0.717) is 0 Å². The van der Waals surface area contributed by atoms with E-state index in [0.717, 1.165) is 36.5 Å². The number of hydrogen-bond donors (Lipinski definition) is 1. The molecule has 1 fully saturated rings. The Balaban J connectivity index is 0.00000220. The Kier molecular flexibility index (Phi) is 6.49. The van der Waals surface area contributed by atoms with Crippen molar-refractivity contribution in [2.24, 2.45) is 0 Å². The molecule has 0 aromatic heterocycles. The van der Waals surface area contributed by atoms with E-state index in [9.17, 15) is 4.79 Å². The predicted octanol–water partition coefficient (Wildman–Crippen LogP) is 2.23. The monoisotopic (exact) mass is 312 g/mol. The van der Waals surface area contributed by atoms with Crippen molar-refractivity contribution < 1.29 is 9.53 Å². The lowest BCUT2D eigenvalue weighted by Crippen LogP contribution is -2.53. The number of halogens is 1. The Hall–Kier alpha value is -1.26. The van der Waals surface area contributed by atoms with Crippen molar-refractivity contribution in [2.75, 3.05) is 26.2 Å². The van der Waals surface area contributed by atoms with E-state index in [4.69, 9.17) is 4.74 Å². The quantitative estimate of drug-likeness (QED) is 0.930. The summed E-state index contributed by atoms with van der Waals surface area (Å²) in [7, 11) is 0. The van der Waals surface area contributed by atoms with Gasteiger partial charge in [-0.05, 0) is 38.8 Å². The summed E-state index contributed by atoms with van der Waals surface area (Å²) >= 11 is 0. The fraction of sp³-hybridized carbons (Fsp3) is 0.562. The van der Waals surface area contributed by atoms with Crippen LogP contribution in [-0.2, 0) is 4.79 Å². The number of hydrogen-bond acceptors (Lipinski definition) is 3. The summed E-state index contributed by atoms with van der Waals surface area (Å²) in [6.07, 6.45) is 0. The van der Waals surface area contributed by atoms with Crippen LogP contribution in [0.1, 0.15) is 23.6 Å². The van der Waals surface area contributed by atoms with E-state index in [1.165, 1.54) is 5.56 Å². The van der Waals surface area contributed by atoms with E-state index < -0.39 is 0 Å². The topological polar surface area (TPSA) is 41.6 Å². The standard InChI is InChI=1S/C16H24N2O2.ClH/c1-11-7-12(2)16(13(3)8-11)20-10-15(19)18-6-5-17-9-14(18)4;/h7-8,14,17H,5-6,9-10H2,1-4H3;1H. The number of piperazine rings is 1. The molecule has 0 bridgehead atoms. The molecule has 1 saturated heterocycles. The van der Waals surface area contributed by atoms with E-state index >= 15 is 0 Å². The molecule has 1 amide bonds. The Labute approximate surface area is 133 Å².